The summed E-state index contributed by atoms with van der Waals surface area (Å²) in [4.78, 5) is 10.1. The van der Waals surface area contributed by atoms with Gasteiger partial charge in [0.05, 0.1) is 17.6 Å². The summed E-state index contributed by atoms with van der Waals surface area (Å²) < 4.78 is 28.7. The van der Waals surface area contributed by atoms with Crippen LogP contribution in [0.3, 0.4) is 0 Å². The van der Waals surface area contributed by atoms with E-state index in [-0.39, 0.29) is 18.0 Å². The topological polar surface area (TPSA) is 87.9 Å². The van der Waals surface area contributed by atoms with Crippen molar-refractivity contribution in [3.05, 3.63) is 68.2 Å². The molecule has 7 nitrogen and oxygen atoms in total. The monoisotopic (exact) mass is 403 g/mol. The zero-order valence-electron chi connectivity index (χ0n) is 12.6. The molecule has 0 N–H and O–H groups in total. The van der Waals surface area contributed by atoms with Gasteiger partial charge >= 0.3 is 7.82 Å². The maximum Gasteiger partial charge on any atom is 0.530 e. The van der Waals surface area contributed by atoms with Crippen molar-refractivity contribution in [2.24, 2.45) is 0 Å². The molecule has 0 saturated carbocycles. The largest absolute Gasteiger partial charge is 0.530 e. The van der Waals surface area contributed by atoms with Crippen molar-refractivity contribution in [2.45, 2.75) is 12.5 Å². The first-order valence-corrected chi connectivity index (χ1v) is 9.40. The Kier molecular flexibility index (Phi) is 5.32. The summed E-state index contributed by atoms with van der Waals surface area (Å²) in [6.07, 6.45) is -0.142. The highest BCUT2D eigenvalue weighted by molar-refractivity contribution is 7.49. The lowest BCUT2D eigenvalue weighted by Gasteiger charge is -2.29. The van der Waals surface area contributed by atoms with Crippen molar-refractivity contribution >= 4 is 36.7 Å². The number of nitro benzene ring substituents is 1. The third kappa shape index (κ3) is 4.32. The summed E-state index contributed by atoms with van der Waals surface area (Å²) in [5.41, 5.74) is 0.517. The molecule has 1 saturated heterocycles. The fourth-order valence-electron chi connectivity index (χ4n) is 2.29. The molecule has 0 spiro atoms. The lowest BCUT2D eigenvalue weighted by Crippen LogP contribution is -2.16. The standard InChI is InChI=1S/C15H12Cl2NO6P/c16-10-1-6-13(14(17)9-10)15-7-8-22-25(21,24-15)23-12-4-2-11(3-5-12)18(19)20/h1-6,9,15H,7-8H2. The van der Waals surface area contributed by atoms with Crippen molar-refractivity contribution in [3.63, 3.8) is 0 Å². The predicted molar refractivity (Wildman–Crippen MR) is 92.2 cm³/mol. The number of phosphoric ester groups is 1. The normalized spacial score (nSPS) is 23.2. The van der Waals surface area contributed by atoms with E-state index in [0.717, 1.165) is 0 Å². The lowest BCUT2D eigenvalue weighted by atomic mass is 10.1. The number of phosphoric acid groups is 1. The van der Waals surface area contributed by atoms with E-state index in [1.54, 1.807) is 18.2 Å². The molecule has 0 amide bonds. The summed E-state index contributed by atoms with van der Waals surface area (Å²) in [6, 6.07) is 10.0. The zero-order valence-corrected chi connectivity index (χ0v) is 15.0. The number of nitrogens with zero attached hydrogens (tertiary/aromatic N) is 1. The van der Waals surface area contributed by atoms with E-state index in [1.165, 1.54) is 24.3 Å². The van der Waals surface area contributed by atoms with Gasteiger partial charge < -0.3 is 4.52 Å². The summed E-state index contributed by atoms with van der Waals surface area (Å²) in [5, 5.41) is 11.5. The number of hydrogen-bond acceptors (Lipinski definition) is 6. The van der Waals surface area contributed by atoms with E-state index in [1.807, 2.05) is 0 Å². The molecule has 2 aromatic rings. The van der Waals surface area contributed by atoms with Crippen molar-refractivity contribution in [1.82, 2.24) is 0 Å². The maximum atomic E-state index is 12.7. The van der Waals surface area contributed by atoms with Gasteiger partial charge in [0.25, 0.3) is 5.69 Å². The minimum Gasteiger partial charge on any atom is -0.404 e. The van der Waals surface area contributed by atoms with Gasteiger partial charge in [0.15, 0.2) is 0 Å². The number of halogens is 2. The average Bonchev–Trinajstić information content (AvgIpc) is 2.55. The van der Waals surface area contributed by atoms with E-state index < -0.39 is 18.8 Å². The van der Waals surface area contributed by atoms with Crippen LogP contribution >= 0.6 is 31.0 Å². The smallest absolute Gasteiger partial charge is 0.404 e. The Morgan fingerprint density at radius 3 is 2.56 bits per heavy atom. The first-order chi connectivity index (χ1) is 11.9. The lowest BCUT2D eigenvalue weighted by molar-refractivity contribution is -0.384. The molecule has 132 valence electrons. The van der Waals surface area contributed by atoms with Gasteiger partial charge in [-0.3, -0.25) is 19.2 Å². The zero-order chi connectivity index (χ0) is 18.0. The van der Waals surface area contributed by atoms with Crippen molar-refractivity contribution in [3.8, 4) is 5.75 Å². The molecular formula is C15H12Cl2NO6P. The van der Waals surface area contributed by atoms with Gasteiger partial charge in [-0.25, -0.2) is 4.57 Å². The highest BCUT2D eigenvalue weighted by atomic mass is 35.5. The van der Waals surface area contributed by atoms with Gasteiger partial charge in [0, 0.05) is 34.2 Å². The quantitative estimate of drug-likeness (QED) is 0.376. The van der Waals surface area contributed by atoms with Crippen LogP contribution in [0.25, 0.3) is 0 Å². The van der Waals surface area contributed by atoms with Crippen LogP contribution in [0.15, 0.2) is 42.5 Å². The molecule has 1 heterocycles. The molecule has 2 atom stereocenters. The molecule has 0 bridgehead atoms. The second-order valence-electron chi connectivity index (χ2n) is 5.17. The predicted octanol–water partition coefficient (Wildman–Crippen LogP) is 5.57. The molecule has 2 unspecified atom stereocenters. The summed E-state index contributed by atoms with van der Waals surface area (Å²) >= 11 is 12.0. The second kappa shape index (κ2) is 7.32. The number of rotatable bonds is 4. The van der Waals surface area contributed by atoms with Crippen LogP contribution in [0.2, 0.25) is 10.0 Å². The highest BCUT2D eigenvalue weighted by Gasteiger charge is 2.38. The van der Waals surface area contributed by atoms with Crippen LogP contribution in [0, 0.1) is 10.1 Å². The van der Waals surface area contributed by atoms with Crippen LogP contribution in [-0.4, -0.2) is 11.5 Å². The Bertz CT molecular complexity index is 844. The van der Waals surface area contributed by atoms with Crippen molar-refractivity contribution < 1.29 is 23.1 Å². The van der Waals surface area contributed by atoms with E-state index >= 15 is 0 Å². The van der Waals surface area contributed by atoms with Gasteiger partial charge in [-0.2, -0.15) is 0 Å². The van der Waals surface area contributed by atoms with Crippen LogP contribution < -0.4 is 4.52 Å². The highest BCUT2D eigenvalue weighted by Crippen LogP contribution is 2.57. The van der Waals surface area contributed by atoms with Gasteiger partial charge in [-0.05, 0) is 24.3 Å². The number of hydrogen-bond donors (Lipinski definition) is 0. The van der Waals surface area contributed by atoms with Crippen LogP contribution in [0.4, 0.5) is 5.69 Å². The van der Waals surface area contributed by atoms with Gasteiger partial charge in [0.2, 0.25) is 0 Å². The summed E-state index contributed by atoms with van der Waals surface area (Å²) in [7, 11) is -3.89. The second-order valence-corrected chi connectivity index (χ2v) is 7.56. The molecule has 1 aliphatic heterocycles. The van der Waals surface area contributed by atoms with Gasteiger partial charge in [-0.1, -0.05) is 29.3 Å². The van der Waals surface area contributed by atoms with Crippen LogP contribution in [-0.2, 0) is 13.6 Å². The van der Waals surface area contributed by atoms with E-state index in [4.69, 9.17) is 36.8 Å². The van der Waals surface area contributed by atoms with Crippen LogP contribution in [0.1, 0.15) is 18.1 Å². The Morgan fingerprint density at radius 2 is 1.92 bits per heavy atom. The van der Waals surface area contributed by atoms with E-state index in [9.17, 15) is 14.7 Å². The maximum absolute atomic E-state index is 12.7. The molecule has 0 aliphatic carbocycles. The Morgan fingerprint density at radius 1 is 1.20 bits per heavy atom. The first-order valence-electron chi connectivity index (χ1n) is 7.18. The minimum absolute atomic E-state index is 0.109. The fraction of sp³-hybridized carbons (Fsp3) is 0.200. The molecule has 25 heavy (non-hydrogen) atoms. The SMILES string of the molecule is O=[N+]([O-])c1ccc(OP2(=O)OCCC(c3ccc(Cl)cc3Cl)O2)cc1. The average molecular weight is 404 g/mol. The molecule has 0 radical (unpaired) electrons. The fourth-order valence-corrected chi connectivity index (χ4v) is 4.22. The number of nitro groups is 1. The Balaban J connectivity index is 1.77. The molecule has 1 aliphatic rings. The molecule has 3 rings (SSSR count). The first kappa shape index (κ1) is 18.2. The van der Waals surface area contributed by atoms with Crippen molar-refractivity contribution in [1.29, 1.82) is 0 Å². The molecular weight excluding hydrogens is 392 g/mol. The number of benzene rings is 2. The van der Waals surface area contributed by atoms with Gasteiger partial charge in [-0.15, -0.1) is 0 Å². The molecule has 1 fully saturated rings. The van der Waals surface area contributed by atoms with Crippen molar-refractivity contribution in [2.75, 3.05) is 6.61 Å². The third-order valence-corrected chi connectivity index (χ3v) is 5.47. The minimum atomic E-state index is -3.89. The number of non-ortho nitro benzene ring substituents is 1. The van der Waals surface area contributed by atoms with E-state index in [0.29, 0.717) is 22.0 Å². The van der Waals surface area contributed by atoms with E-state index in [2.05, 4.69) is 0 Å². The Labute approximate surface area is 153 Å². The summed E-state index contributed by atoms with van der Waals surface area (Å²) in [5.74, 6) is 0.136. The molecule has 0 aromatic heterocycles. The van der Waals surface area contributed by atoms with Crippen LogP contribution in [0.5, 0.6) is 5.75 Å². The Hall–Kier alpha value is -1.63. The third-order valence-electron chi connectivity index (χ3n) is 3.46. The molecule has 2 aromatic carbocycles. The summed E-state index contributed by atoms with van der Waals surface area (Å²) in [6.45, 7) is 0.147. The molecule has 10 heteroatoms. The van der Waals surface area contributed by atoms with Gasteiger partial charge in [0.1, 0.15) is 5.75 Å².